The monoisotopic (exact) mass is 209 g/mol. The Hall–Kier alpha value is -1.26. The van der Waals surface area contributed by atoms with Gasteiger partial charge >= 0.3 is 5.97 Å². The van der Waals surface area contributed by atoms with Crippen LogP contribution in [0.25, 0.3) is 0 Å². The van der Waals surface area contributed by atoms with Gasteiger partial charge < -0.3 is 10.8 Å². The van der Waals surface area contributed by atoms with Gasteiger partial charge in [0.25, 0.3) is 0 Å². The van der Waals surface area contributed by atoms with Crippen molar-refractivity contribution in [2.24, 2.45) is 5.73 Å². The van der Waals surface area contributed by atoms with Crippen molar-refractivity contribution in [2.45, 2.75) is 12.5 Å². The Kier molecular flexibility index (Phi) is 3.73. The van der Waals surface area contributed by atoms with Gasteiger partial charge in [-0.3, -0.25) is 4.79 Å². The van der Waals surface area contributed by atoms with Crippen molar-refractivity contribution in [2.75, 3.05) is 0 Å². The molecule has 0 radical (unpaired) electrons. The summed E-state index contributed by atoms with van der Waals surface area (Å²) in [4.78, 5) is 10.9. The number of rotatable bonds is 4. The summed E-state index contributed by atoms with van der Waals surface area (Å²) in [6, 6.07) is 8.61. The molecule has 1 rings (SSSR count). The summed E-state index contributed by atoms with van der Waals surface area (Å²) >= 11 is 5.07. The first-order valence-electron chi connectivity index (χ1n) is 4.18. The Labute approximate surface area is 87.5 Å². The molecule has 4 heteroatoms. The van der Waals surface area contributed by atoms with Crippen LogP contribution in [0.15, 0.2) is 30.3 Å². The quantitative estimate of drug-likeness (QED) is 0.578. The van der Waals surface area contributed by atoms with Gasteiger partial charge in [0.1, 0.15) is 0 Å². The molecule has 74 valence electrons. The van der Waals surface area contributed by atoms with Crippen LogP contribution >= 0.6 is 12.2 Å². The molecule has 0 aromatic heterocycles. The Morgan fingerprint density at radius 1 is 1.43 bits per heavy atom. The van der Waals surface area contributed by atoms with E-state index in [9.17, 15) is 4.79 Å². The maximum absolute atomic E-state index is 10.4. The number of nitrogens with two attached hydrogens (primary N) is 1. The molecule has 3 nitrogen and oxygen atoms in total. The summed E-state index contributed by atoms with van der Waals surface area (Å²) in [6.45, 7) is 0. The zero-order chi connectivity index (χ0) is 10.6. The number of thiocarbonyl (C=S) groups is 1. The van der Waals surface area contributed by atoms with E-state index >= 15 is 0 Å². The molecule has 14 heavy (non-hydrogen) atoms. The van der Waals surface area contributed by atoms with Crippen molar-refractivity contribution in [1.29, 1.82) is 0 Å². The van der Waals surface area contributed by atoms with E-state index in [2.05, 4.69) is 0 Å². The molecule has 1 atom stereocenters. The zero-order valence-corrected chi connectivity index (χ0v) is 8.33. The Balaban J connectivity index is 2.71. The minimum Gasteiger partial charge on any atom is -0.481 e. The first-order chi connectivity index (χ1) is 6.61. The van der Waals surface area contributed by atoms with Gasteiger partial charge in [0.15, 0.2) is 0 Å². The van der Waals surface area contributed by atoms with Gasteiger partial charge in [0, 0.05) is 4.86 Å². The lowest BCUT2D eigenvalue weighted by atomic mass is 10.0. The lowest BCUT2D eigenvalue weighted by Gasteiger charge is -2.10. The summed E-state index contributed by atoms with van der Waals surface area (Å²) in [5.41, 5.74) is 6.44. The van der Waals surface area contributed by atoms with E-state index in [4.69, 9.17) is 23.1 Å². The lowest BCUT2D eigenvalue weighted by molar-refractivity contribution is -0.137. The highest BCUT2D eigenvalue weighted by Gasteiger charge is 2.14. The second-order valence-electron chi connectivity index (χ2n) is 2.93. The third kappa shape index (κ3) is 2.90. The lowest BCUT2D eigenvalue weighted by Crippen LogP contribution is -2.32. The second kappa shape index (κ2) is 4.83. The largest absolute Gasteiger partial charge is 0.481 e. The summed E-state index contributed by atoms with van der Waals surface area (Å²) in [5.74, 6) is -0.934. The summed E-state index contributed by atoms with van der Waals surface area (Å²) < 4.78 is 0. The number of aliphatic carboxylic acids is 1. The van der Waals surface area contributed by atoms with Crippen molar-refractivity contribution >= 4 is 23.1 Å². The highest BCUT2D eigenvalue weighted by atomic mass is 32.1. The van der Waals surface area contributed by atoms with Crippen molar-refractivity contribution in [3.63, 3.8) is 0 Å². The Bertz CT molecular complexity index is 337. The van der Waals surface area contributed by atoms with Crippen molar-refractivity contribution in [1.82, 2.24) is 0 Å². The molecule has 0 saturated carbocycles. The molecule has 0 spiro atoms. The van der Waals surface area contributed by atoms with Crippen molar-refractivity contribution in [3.05, 3.63) is 35.9 Å². The highest BCUT2D eigenvalue weighted by Crippen LogP contribution is 2.05. The summed E-state index contributed by atoms with van der Waals surface area (Å²) in [6.07, 6.45) is -0.131. The molecular formula is C10H11NO2S. The number of benzene rings is 1. The third-order valence-corrected chi connectivity index (χ3v) is 2.33. The summed E-state index contributed by atoms with van der Waals surface area (Å²) in [7, 11) is 0. The van der Waals surface area contributed by atoms with Crippen LogP contribution in [0.3, 0.4) is 0 Å². The van der Waals surface area contributed by atoms with Crippen LogP contribution in [-0.4, -0.2) is 22.0 Å². The van der Waals surface area contributed by atoms with E-state index in [0.29, 0.717) is 4.86 Å². The number of carboxylic acids is 1. The van der Waals surface area contributed by atoms with Crippen molar-refractivity contribution < 1.29 is 9.90 Å². The molecule has 0 saturated heterocycles. The highest BCUT2D eigenvalue weighted by molar-refractivity contribution is 7.81. The van der Waals surface area contributed by atoms with Crippen LogP contribution < -0.4 is 5.73 Å². The fraction of sp³-hybridized carbons (Fsp3) is 0.200. The first-order valence-corrected chi connectivity index (χ1v) is 4.58. The molecule has 3 N–H and O–H groups in total. The maximum Gasteiger partial charge on any atom is 0.305 e. The van der Waals surface area contributed by atoms with Gasteiger partial charge in [-0.2, -0.15) is 0 Å². The normalized spacial score (nSPS) is 12.1. The van der Waals surface area contributed by atoms with E-state index < -0.39 is 12.0 Å². The Morgan fingerprint density at radius 2 is 2.00 bits per heavy atom. The van der Waals surface area contributed by atoms with E-state index in [1.54, 1.807) is 0 Å². The second-order valence-corrected chi connectivity index (χ2v) is 3.37. The van der Waals surface area contributed by atoms with Crippen LogP contribution in [0.4, 0.5) is 0 Å². The predicted molar refractivity (Wildman–Crippen MR) is 58.4 cm³/mol. The molecule has 1 aromatic rings. The SMILES string of the molecule is NC(CC(=O)O)C(=S)c1ccccc1. The van der Waals surface area contributed by atoms with E-state index in [1.807, 2.05) is 30.3 Å². The average molecular weight is 209 g/mol. The first kappa shape index (κ1) is 10.8. The number of hydrogen-bond donors (Lipinski definition) is 2. The van der Waals surface area contributed by atoms with Crippen LogP contribution in [0.1, 0.15) is 12.0 Å². The Morgan fingerprint density at radius 3 is 2.50 bits per heavy atom. The molecule has 0 aliphatic rings. The molecular weight excluding hydrogens is 198 g/mol. The molecule has 0 amide bonds. The van der Waals surface area contributed by atoms with Gasteiger partial charge in [-0.05, 0) is 5.56 Å². The van der Waals surface area contributed by atoms with Gasteiger partial charge in [-0.1, -0.05) is 42.5 Å². The zero-order valence-electron chi connectivity index (χ0n) is 7.51. The summed E-state index contributed by atoms with van der Waals surface area (Å²) in [5, 5.41) is 8.54. The van der Waals surface area contributed by atoms with Gasteiger partial charge in [-0.25, -0.2) is 0 Å². The molecule has 0 fully saturated rings. The fourth-order valence-corrected chi connectivity index (χ4v) is 1.32. The van der Waals surface area contributed by atoms with E-state index in [-0.39, 0.29) is 6.42 Å². The van der Waals surface area contributed by atoms with Crippen LogP contribution in [-0.2, 0) is 4.79 Å². The molecule has 0 heterocycles. The number of carbonyl (C=O) groups is 1. The fourth-order valence-electron chi connectivity index (χ4n) is 1.10. The van der Waals surface area contributed by atoms with Crippen LogP contribution in [0, 0.1) is 0 Å². The molecule has 1 aromatic carbocycles. The number of carboxylic acid groups (broad SMARTS) is 1. The topological polar surface area (TPSA) is 63.3 Å². The van der Waals surface area contributed by atoms with Crippen LogP contribution in [0.2, 0.25) is 0 Å². The van der Waals surface area contributed by atoms with Crippen LogP contribution in [0.5, 0.6) is 0 Å². The number of hydrogen-bond acceptors (Lipinski definition) is 3. The molecule has 1 unspecified atom stereocenters. The van der Waals surface area contributed by atoms with Gasteiger partial charge in [0.05, 0.1) is 12.5 Å². The maximum atomic E-state index is 10.4. The minimum absolute atomic E-state index is 0.131. The van der Waals surface area contributed by atoms with E-state index in [0.717, 1.165) is 5.56 Å². The van der Waals surface area contributed by atoms with E-state index in [1.165, 1.54) is 0 Å². The molecule has 0 aliphatic heterocycles. The van der Waals surface area contributed by atoms with Gasteiger partial charge in [-0.15, -0.1) is 0 Å². The third-order valence-electron chi connectivity index (χ3n) is 1.79. The minimum atomic E-state index is -0.934. The standard InChI is InChI=1S/C10H11NO2S/c11-8(6-9(12)13)10(14)7-4-2-1-3-5-7/h1-5,8H,6,11H2,(H,12,13). The smallest absolute Gasteiger partial charge is 0.305 e. The average Bonchev–Trinajstić information content (AvgIpc) is 2.17. The predicted octanol–water partition coefficient (Wildman–Crippen LogP) is 1.21. The van der Waals surface area contributed by atoms with Crippen molar-refractivity contribution in [3.8, 4) is 0 Å². The molecule has 0 bridgehead atoms. The van der Waals surface area contributed by atoms with Gasteiger partial charge in [0.2, 0.25) is 0 Å². The molecule has 0 aliphatic carbocycles.